The molecule has 0 radical (unpaired) electrons. The number of thiophene rings is 1. The van der Waals surface area contributed by atoms with Crippen LogP contribution in [-0.2, 0) is 27.3 Å². The van der Waals surface area contributed by atoms with Gasteiger partial charge in [-0.1, -0.05) is 23.7 Å². The summed E-state index contributed by atoms with van der Waals surface area (Å²) in [6.45, 7) is 7.12. The highest BCUT2D eigenvalue weighted by Gasteiger charge is 2.50. The Morgan fingerprint density at radius 2 is 1.75 bits per heavy atom. The molecule has 12 nitrogen and oxygen atoms in total. The summed E-state index contributed by atoms with van der Waals surface area (Å²) < 4.78 is 8.64. The second kappa shape index (κ2) is 11.6. The standard InChI is InChI=1S/C37H34ClN7O5S/c1-19-20(2)51-36-32(19)33(22-7-9-25(38)10-8-22)39-27(34-41-40-21(3)44(34)36)15-31(48)42-17-37(18-42)12-11-23-13-26-24(14-28(23)50-37)16-43(35(26)49)45-29(46)5-4-6-30(45)47/h7-10,13-14,27H,4-6,11-12,15-18H2,1-3H3/t27-/m0/s1. The molecule has 0 saturated carbocycles. The number of nitrogens with zero attached hydrogens (tertiary/aromatic N) is 7. The molecule has 1 atom stereocenters. The van der Waals surface area contributed by atoms with Gasteiger partial charge in [-0.15, -0.1) is 21.5 Å². The summed E-state index contributed by atoms with van der Waals surface area (Å²) in [4.78, 5) is 60.6. The molecule has 2 saturated heterocycles. The summed E-state index contributed by atoms with van der Waals surface area (Å²) in [6, 6.07) is 10.8. The largest absolute Gasteiger partial charge is 0.483 e. The highest BCUT2D eigenvalue weighted by molar-refractivity contribution is 7.15. The van der Waals surface area contributed by atoms with Gasteiger partial charge in [-0.3, -0.25) is 28.7 Å². The van der Waals surface area contributed by atoms with E-state index in [1.54, 1.807) is 11.3 Å². The SMILES string of the molecule is Cc1sc2c(c1C)C(c1ccc(Cl)cc1)=N[C@@H](CC(=O)N1CC3(CCc4cc5c(cc4O3)CN(N3C(=O)CCCC3=O)C5=O)C1)c1nnc(C)n1-2. The lowest BCUT2D eigenvalue weighted by Gasteiger charge is -2.52. The number of ether oxygens (including phenoxy) is 1. The van der Waals surface area contributed by atoms with E-state index in [9.17, 15) is 19.2 Å². The molecule has 9 rings (SSSR count). The number of halogens is 1. The maximum atomic E-state index is 14.0. The Labute approximate surface area is 302 Å². The van der Waals surface area contributed by atoms with Crippen molar-refractivity contribution < 1.29 is 23.9 Å². The highest BCUT2D eigenvalue weighted by atomic mass is 35.5. The fourth-order valence-corrected chi connectivity index (χ4v) is 9.29. The third-order valence-corrected chi connectivity index (χ3v) is 12.2. The molecule has 4 amide bonds. The topological polar surface area (TPSA) is 130 Å². The molecule has 2 aromatic heterocycles. The highest BCUT2D eigenvalue weighted by Crippen LogP contribution is 2.44. The van der Waals surface area contributed by atoms with Gasteiger partial charge in [0.1, 0.15) is 28.2 Å². The zero-order valence-electron chi connectivity index (χ0n) is 28.4. The Morgan fingerprint density at radius 1 is 1.00 bits per heavy atom. The number of amides is 4. The Balaban J connectivity index is 0.949. The fraction of sp³-hybridized carbons (Fsp3) is 0.378. The molecule has 2 aromatic carbocycles. The zero-order chi connectivity index (χ0) is 35.3. The molecular weight excluding hydrogens is 690 g/mol. The maximum Gasteiger partial charge on any atom is 0.273 e. The monoisotopic (exact) mass is 723 g/mol. The Morgan fingerprint density at radius 3 is 2.49 bits per heavy atom. The van der Waals surface area contributed by atoms with E-state index < -0.39 is 11.6 Å². The van der Waals surface area contributed by atoms with E-state index >= 15 is 0 Å². The number of aryl methyl sites for hydroxylation is 3. The van der Waals surface area contributed by atoms with Crippen LogP contribution in [0.4, 0.5) is 0 Å². The molecule has 5 aliphatic heterocycles. The van der Waals surface area contributed by atoms with Crippen LogP contribution in [0, 0.1) is 20.8 Å². The lowest BCUT2D eigenvalue weighted by atomic mass is 9.83. The van der Waals surface area contributed by atoms with E-state index in [2.05, 4.69) is 24.0 Å². The molecule has 5 aliphatic rings. The van der Waals surface area contributed by atoms with Crippen LogP contribution in [0.3, 0.4) is 0 Å². The number of fused-ring (bicyclic) bond motifs is 5. The zero-order valence-corrected chi connectivity index (χ0v) is 29.9. The van der Waals surface area contributed by atoms with Gasteiger partial charge in [-0.05, 0) is 81.0 Å². The quantitative estimate of drug-likeness (QED) is 0.265. The lowest BCUT2D eigenvalue weighted by molar-refractivity contribution is -0.163. The van der Waals surface area contributed by atoms with Crippen molar-refractivity contribution in [3.8, 4) is 10.8 Å². The summed E-state index contributed by atoms with van der Waals surface area (Å²) in [7, 11) is 0. The number of aliphatic imine (C=N–C) groups is 1. The minimum atomic E-state index is -0.560. The van der Waals surface area contributed by atoms with Crippen molar-refractivity contribution in [2.75, 3.05) is 13.1 Å². The molecule has 51 heavy (non-hydrogen) atoms. The van der Waals surface area contributed by atoms with E-state index in [4.69, 9.17) is 21.3 Å². The Kier molecular flexibility index (Phi) is 7.27. The molecule has 1 spiro atoms. The smallest absolute Gasteiger partial charge is 0.273 e. The minimum Gasteiger partial charge on any atom is -0.483 e. The van der Waals surface area contributed by atoms with Crippen molar-refractivity contribution in [2.24, 2.45) is 4.99 Å². The number of hydrogen-bond acceptors (Lipinski definition) is 9. The first-order chi connectivity index (χ1) is 24.5. The number of likely N-dealkylation sites (tertiary alicyclic amines) is 1. The summed E-state index contributed by atoms with van der Waals surface area (Å²) in [5.41, 5.74) is 5.45. The van der Waals surface area contributed by atoms with Crippen molar-refractivity contribution in [3.63, 3.8) is 0 Å². The number of aromatic nitrogens is 3. The summed E-state index contributed by atoms with van der Waals surface area (Å²) in [5.74, 6) is 0.966. The van der Waals surface area contributed by atoms with Crippen LogP contribution in [0.25, 0.3) is 5.00 Å². The second-order valence-corrected chi connectivity index (χ2v) is 15.7. The Bertz CT molecular complexity index is 2220. The van der Waals surface area contributed by atoms with Gasteiger partial charge in [-0.2, -0.15) is 5.01 Å². The van der Waals surface area contributed by atoms with Gasteiger partial charge < -0.3 is 9.64 Å². The van der Waals surface area contributed by atoms with E-state index in [1.807, 2.05) is 52.8 Å². The second-order valence-electron chi connectivity index (χ2n) is 14.1. The molecule has 2 fully saturated rings. The van der Waals surface area contributed by atoms with Crippen LogP contribution in [0.1, 0.15) is 92.8 Å². The summed E-state index contributed by atoms with van der Waals surface area (Å²) >= 11 is 7.92. The minimum absolute atomic E-state index is 0.0457. The van der Waals surface area contributed by atoms with Crippen LogP contribution in [-0.4, -0.2) is 77.7 Å². The number of rotatable bonds is 4. The normalized spacial score (nSPS) is 20.3. The average molecular weight is 724 g/mol. The molecule has 0 N–H and O–H groups in total. The molecule has 0 unspecified atom stereocenters. The molecule has 14 heteroatoms. The number of hydrogen-bond donors (Lipinski definition) is 0. The Hall–Kier alpha value is -4.88. The summed E-state index contributed by atoms with van der Waals surface area (Å²) in [5, 5.41) is 12.9. The van der Waals surface area contributed by atoms with Gasteiger partial charge in [0.05, 0.1) is 31.8 Å². The van der Waals surface area contributed by atoms with Crippen molar-refractivity contribution in [3.05, 3.63) is 91.3 Å². The van der Waals surface area contributed by atoms with Crippen molar-refractivity contribution in [1.82, 2.24) is 29.7 Å². The first-order valence-corrected chi connectivity index (χ1v) is 18.4. The number of carbonyl (C=O) groups excluding carboxylic acids is 4. The van der Waals surface area contributed by atoms with Crippen LogP contribution in [0.2, 0.25) is 5.02 Å². The lowest BCUT2D eigenvalue weighted by Crippen LogP contribution is -2.67. The molecular formula is C37H34ClN7O5S. The van der Waals surface area contributed by atoms with Crippen LogP contribution < -0.4 is 4.74 Å². The van der Waals surface area contributed by atoms with E-state index in [0.29, 0.717) is 54.5 Å². The van der Waals surface area contributed by atoms with Crippen LogP contribution in [0.5, 0.6) is 5.75 Å². The first kappa shape index (κ1) is 32.1. The van der Waals surface area contributed by atoms with E-state index in [0.717, 1.165) is 49.4 Å². The van der Waals surface area contributed by atoms with Crippen LogP contribution >= 0.6 is 22.9 Å². The number of hydrazine groups is 1. The predicted octanol–water partition coefficient (Wildman–Crippen LogP) is 5.21. The maximum absolute atomic E-state index is 14.0. The van der Waals surface area contributed by atoms with Crippen molar-refractivity contribution >= 4 is 52.3 Å². The first-order valence-electron chi connectivity index (χ1n) is 17.2. The van der Waals surface area contributed by atoms with Gasteiger partial charge in [0.25, 0.3) is 5.91 Å². The van der Waals surface area contributed by atoms with E-state index in [1.165, 1.54) is 9.89 Å². The van der Waals surface area contributed by atoms with Gasteiger partial charge in [-0.25, -0.2) is 5.01 Å². The summed E-state index contributed by atoms with van der Waals surface area (Å²) in [6.07, 6.45) is 2.48. The number of piperidine rings is 1. The molecule has 0 bridgehead atoms. The van der Waals surface area contributed by atoms with Gasteiger partial charge in [0.15, 0.2) is 5.82 Å². The number of carbonyl (C=O) groups is 4. The number of imide groups is 1. The molecule has 260 valence electrons. The molecule has 0 aliphatic carbocycles. The third kappa shape index (κ3) is 5.03. The average Bonchev–Trinajstić information content (AvgIpc) is 3.69. The van der Waals surface area contributed by atoms with E-state index in [-0.39, 0.29) is 49.4 Å². The van der Waals surface area contributed by atoms with Crippen molar-refractivity contribution in [2.45, 2.75) is 77.5 Å². The number of benzene rings is 2. The molecule has 7 heterocycles. The van der Waals surface area contributed by atoms with Crippen LogP contribution in [0.15, 0.2) is 41.4 Å². The van der Waals surface area contributed by atoms with Gasteiger partial charge in [0, 0.05) is 39.4 Å². The van der Waals surface area contributed by atoms with Crippen molar-refractivity contribution in [1.29, 1.82) is 0 Å². The predicted molar refractivity (Wildman–Crippen MR) is 188 cm³/mol. The molecule has 4 aromatic rings. The van der Waals surface area contributed by atoms with Gasteiger partial charge >= 0.3 is 0 Å². The third-order valence-electron chi connectivity index (χ3n) is 10.8. The van der Waals surface area contributed by atoms with Gasteiger partial charge in [0.2, 0.25) is 17.7 Å². The fourth-order valence-electron chi connectivity index (χ4n) is 7.95.